The van der Waals surface area contributed by atoms with Gasteiger partial charge in [0.2, 0.25) is 0 Å². The van der Waals surface area contributed by atoms with Gasteiger partial charge in [0, 0.05) is 18.3 Å². The third-order valence-corrected chi connectivity index (χ3v) is 6.58. The Morgan fingerprint density at radius 3 is 2.24 bits per heavy atom. The van der Waals surface area contributed by atoms with Gasteiger partial charge in [0.25, 0.3) is 27.7 Å². The second-order valence-electron chi connectivity index (χ2n) is 8.13. The van der Waals surface area contributed by atoms with E-state index in [1.165, 1.54) is 43.3 Å². The van der Waals surface area contributed by atoms with Crippen molar-refractivity contribution in [1.82, 2.24) is 20.3 Å². The van der Waals surface area contributed by atoms with Gasteiger partial charge in [0.15, 0.2) is 0 Å². The second kappa shape index (κ2) is 12.6. The molecule has 3 aromatic rings. The molecule has 38 heavy (non-hydrogen) atoms. The Labute approximate surface area is 219 Å². The maximum Gasteiger partial charge on any atom is 0.270 e. The predicted octanol–water partition coefficient (Wildman–Crippen LogP) is 1.50. The Bertz CT molecular complexity index is 1440. The molecule has 0 saturated carbocycles. The zero-order chi connectivity index (χ0) is 27.7. The highest BCUT2D eigenvalue weighted by atomic mass is 32.2. The summed E-state index contributed by atoms with van der Waals surface area (Å²) < 4.78 is 32.6. The molecule has 2 aromatic carbocycles. The highest BCUT2D eigenvalue weighted by Gasteiger charge is 2.21. The van der Waals surface area contributed by atoms with E-state index in [1.54, 1.807) is 7.11 Å². The fraction of sp³-hybridized carbons (Fsp3) is 0.192. The maximum atomic E-state index is 12.8. The van der Waals surface area contributed by atoms with Crippen LogP contribution in [0.5, 0.6) is 5.75 Å². The second-order valence-corrected chi connectivity index (χ2v) is 9.82. The van der Waals surface area contributed by atoms with Crippen molar-refractivity contribution >= 4 is 33.5 Å². The lowest BCUT2D eigenvalue weighted by Gasteiger charge is -2.10. The van der Waals surface area contributed by atoms with E-state index >= 15 is 0 Å². The van der Waals surface area contributed by atoms with Crippen molar-refractivity contribution in [3.05, 3.63) is 89.2 Å². The highest BCUT2D eigenvalue weighted by Crippen LogP contribution is 2.14. The van der Waals surface area contributed by atoms with Crippen LogP contribution in [0.25, 0.3) is 0 Å². The Balaban J connectivity index is 1.60. The Morgan fingerprint density at radius 2 is 1.61 bits per heavy atom. The predicted molar refractivity (Wildman–Crippen MR) is 137 cm³/mol. The number of nitrogens with zero attached hydrogens (tertiary/aromatic N) is 1. The van der Waals surface area contributed by atoms with E-state index in [4.69, 9.17) is 4.74 Å². The SMILES string of the molecule is COc1ccc(CCNC(=O)c2cccc(S(=O)(=O)NC(=O)c3ccc(C(=O)NCC(C)=O)nc3)c2)cc1. The van der Waals surface area contributed by atoms with Crippen molar-refractivity contribution in [3.63, 3.8) is 0 Å². The van der Waals surface area contributed by atoms with Gasteiger partial charge in [-0.25, -0.2) is 13.1 Å². The minimum atomic E-state index is -4.31. The lowest BCUT2D eigenvalue weighted by molar-refractivity contribution is -0.116. The lowest BCUT2D eigenvalue weighted by atomic mass is 10.1. The van der Waals surface area contributed by atoms with Crippen LogP contribution in [-0.4, -0.2) is 57.1 Å². The molecule has 1 aromatic heterocycles. The zero-order valence-electron chi connectivity index (χ0n) is 20.7. The van der Waals surface area contributed by atoms with E-state index in [0.717, 1.165) is 17.5 Å². The normalized spacial score (nSPS) is 10.8. The molecule has 0 aliphatic rings. The van der Waals surface area contributed by atoms with E-state index in [2.05, 4.69) is 15.6 Å². The summed E-state index contributed by atoms with van der Waals surface area (Å²) in [4.78, 5) is 51.5. The third kappa shape index (κ3) is 7.71. The van der Waals surface area contributed by atoms with Gasteiger partial charge in [-0.3, -0.25) is 24.2 Å². The number of aromatic nitrogens is 1. The molecule has 0 spiro atoms. The van der Waals surface area contributed by atoms with Crippen molar-refractivity contribution in [2.24, 2.45) is 0 Å². The summed E-state index contributed by atoms with van der Waals surface area (Å²) in [6.07, 6.45) is 1.61. The number of carbonyl (C=O) groups is 4. The first kappa shape index (κ1) is 28.0. The number of amides is 3. The van der Waals surface area contributed by atoms with Crippen LogP contribution < -0.4 is 20.1 Å². The van der Waals surface area contributed by atoms with Gasteiger partial charge in [-0.15, -0.1) is 0 Å². The van der Waals surface area contributed by atoms with Crippen molar-refractivity contribution < 1.29 is 32.3 Å². The van der Waals surface area contributed by atoms with Gasteiger partial charge in [0.05, 0.1) is 24.1 Å². The van der Waals surface area contributed by atoms with Gasteiger partial charge in [-0.1, -0.05) is 18.2 Å². The van der Waals surface area contributed by atoms with Crippen LogP contribution in [0.2, 0.25) is 0 Å². The first-order valence-electron chi connectivity index (χ1n) is 11.4. The molecule has 1 heterocycles. The topological polar surface area (TPSA) is 161 Å². The summed E-state index contributed by atoms with van der Waals surface area (Å²) in [5.74, 6) is -1.56. The van der Waals surface area contributed by atoms with Crippen molar-refractivity contribution in [1.29, 1.82) is 0 Å². The molecule has 0 radical (unpaired) electrons. The van der Waals surface area contributed by atoms with Crippen LogP contribution in [0.3, 0.4) is 0 Å². The van der Waals surface area contributed by atoms with Crippen molar-refractivity contribution in [2.45, 2.75) is 18.2 Å². The monoisotopic (exact) mass is 538 g/mol. The van der Waals surface area contributed by atoms with E-state index in [0.29, 0.717) is 13.0 Å². The van der Waals surface area contributed by atoms with Crippen LogP contribution >= 0.6 is 0 Å². The number of benzene rings is 2. The number of Topliss-reactive ketones (excluding diaryl/α,β-unsaturated/α-hetero) is 1. The Morgan fingerprint density at radius 1 is 0.868 bits per heavy atom. The fourth-order valence-electron chi connectivity index (χ4n) is 3.22. The van der Waals surface area contributed by atoms with E-state index in [9.17, 15) is 27.6 Å². The van der Waals surface area contributed by atoms with Crippen LogP contribution in [0.1, 0.15) is 43.7 Å². The van der Waals surface area contributed by atoms with Crippen LogP contribution in [0.15, 0.2) is 71.8 Å². The fourth-order valence-corrected chi connectivity index (χ4v) is 4.24. The van der Waals surface area contributed by atoms with E-state index < -0.39 is 27.7 Å². The molecule has 0 aliphatic carbocycles. The summed E-state index contributed by atoms with van der Waals surface area (Å²) in [6.45, 7) is 1.48. The van der Waals surface area contributed by atoms with E-state index in [1.807, 2.05) is 29.0 Å². The summed E-state index contributed by atoms with van der Waals surface area (Å²) in [5.41, 5.74) is 0.947. The summed E-state index contributed by atoms with van der Waals surface area (Å²) >= 11 is 0. The quantitative estimate of drug-likeness (QED) is 0.331. The molecule has 0 bridgehead atoms. The molecule has 3 rings (SSSR count). The Kier molecular flexibility index (Phi) is 9.28. The lowest BCUT2D eigenvalue weighted by Crippen LogP contribution is -2.32. The molecule has 0 unspecified atom stereocenters. The van der Waals surface area contributed by atoms with Crippen molar-refractivity contribution in [2.75, 3.05) is 20.2 Å². The number of methoxy groups -OCH3 is 1. The summed E-state index contributed by atoms with van der Waals surface area (Å²) in [6, 6.07) is 15.1. The average molecular weight is 539 g/mol. The number of pyridine rings is 1. The molecular weight excluding hydrogens is 512 g/mol. The first-order chi connectivity index (χ1) is 18.1. The summed E-state index contributed by atoms with van der Waals surface area (Å²) in [5, 5.41) is 5.10. The average Bonchev–Trinajstić information content (AvgIpc) is 2.92. The molecule has 11 nitrogen and oxygen atoms in total. The largest absolute Gasteiger partial charge is 0.497 e. The molecule has 3 amide bonds. The first-order valence-corrected chi connectivity index (χ1v) is 12.9. The van der Waals surface area contributed by atoms with Gasteiger partial charge in [-0.05, 0) is 61.4 Å². The number of hydrogen-bond acceptors (Lipinski definition) is 8. The van der Waals surface area contributed by atoms with E-state index in [-0.39, 0.29) is 34.0 Å². The van der Waals surface area contributed by atoms with Gasteiger partial charge in [0.1, 0.15) is 17.2 Å². The summed E-state index contributed by atoms with van der Waals surface area (Å²) in [7, 11) is -2.74. The highest BCUT2D eigenvalue weighted by molar-refractivity contribution is 7.90. The van der Waals surface area contributed by atoms with Gasteiger partial charge in [-0.2, -0.15) is 0 Å². The number of rotatable bonds is 11. The Hall–Kier alpha value is -4.58. The van der Waals surface area contributed by atoms with Crippen molar-refractivity contribution in [3.8, 4) is 5.75 Å². The number of hydrogen-bond donors (Lipinski definition) is 3. The van der Waals surface area contributed by atoms with Crippen LogP contribution in [0.4, 0.5) is 0 Å². The van der Waals surface area contributed by atoms with Crippen LogP contribution in [-0.2, 0) is 21.2 Å². The van der Waals surface area contributed by atoms with Gasteiger partial charge >= 0.3 is 0 Å². The number of ether oxygens (including phenoxy) is 1. The molecule has 0 atom stereocenters. The molecule has 198 valence electrons. The third-order valence-electron chi connectivity index (χ3n) is 5.25. The molecule has 0 aliphatic heterocycles. The molecule has 0 fully saturated rings. The number of nitrogens with one attached hydrogen (secondary N) is 3. The maximum absolute atomic E-state index is 12.8. The number of ketones is 1. The molecular formula is C26H26N4O7S. The van der Waals surface area contributed by atoms with Crippen LogP contribution in [0, 0.1) is 0 Å². The number of sulfonamides is 1. The minimum absolute atomic E-state index is 0.0450. The smallest absolute Gasteiger partial charge is 0.270 e. The molecule has 0 saturated heterocycles. The van der Waals surface area contributed by atoms with Gasteiger partial charge < -0.3 is 15.4 Å². The standard InChI is InChI=1S/C26H26N4O7S/c1-17(31)15-29-26(34)23-11-8-20(16-28-23)25(33)30-38(35,36)22-5-3-4-19(14-22)24(32)27-13-12-18-6-9-21(37-2)10-7-18/h3-11,14,16H,12-13,15H2,1-2H3,(H,27,32)(H,29,34)(H,30,33). The molecule has 12 heteroatoms. The number of carbonyl (C=O) groups excluding carboxylic acids is 4. The molecule has 3 N–H and O–H groups in total. The zero-order valence-corrected chi connectivity index (χ0v) is 21.5. The minimum Gasteiger partial charge on any atom is -0.497 e.